The van der Waals surface area contributed by atoms with E-state index in [1.165, 1.54) is 0 Å². The Kier molecular flexibility index (Phi) is 5.22. The van der Waals surface area contributed by atoms with Crippen molar-refractivity contribution in [2.24, 2.45) is 11.8 Å². The summed E-state index contributed by atoms with van der Waals surface area (Å²) in [5, 5.41) is 8.97. The van der Waals surface area contributed by atoms with Gasteiger partial charge in [-0.15, -0.1) is 0 Å². The lowest BCUT2D eigenvalue weighted by molar-refractivity contribution is -0.137. The third kappa shape index (κ3) is 3.69. The van der Waals surface area contributed by atoms with Crippen LogP contribution in [0.2, 0.25) is 0 Å². The molecule has 1 heterocycles. The number of rotatable bonds is 4. The fraction of sp³-hybridized carbons (Fsp3) is 0.933. The lowest BCUT2D eigenvalue weighted by Crippen LogP contribution is -2.42. The van der Waals surface area contributed by atoms with Gasteiger partial charge in [-0.05, 0) is 58.0 Å². The van der Waals surface area contributed by atoms with Gasteiger partial charge in [-0.2, -0.15) is 0 Å². The van der Waals surface area contributed by atoms with Crippen molar-refractivity contribution in [1.82, 2.24) is 9.80 Å². The molecule has 1 N–H and O–H groups in total. The average Bonchev–Trinajstić information content (AvgIpc) is 2.85. The molecule has 0 bridgehead atoms. The molecule has 1 amide bonds. The van der Waals surface area contributed by atoms with E-state index >= 15 is 0 Å². The molecule has 4 nitrogen and oxygen atoms in total. The van der Waals surface area contributed by atoms with Crippen LogP contribution in [0.15, 0.2) is 0 Å². The first-order chi connectivity index (χ1) is 9.11. The van der Waals surface area contributed by atoms with E-state index in [1.54, 1.807) is 0 Å². The summed E-state index contributed by atoms with van der Waals surface area (Å²) in [5.41, 5.74) is 0. The number of amides is 1. The number of likely N-dealkylation sites (tertiary alicyclic amines) is 1. The van der Waals surface area contributed by atoms with E-state index in [9.17, 15) is 4.79 Å². The second kappa shape index (κ2) is 6.71. The number of hydrogen-bond acceptors (Lipinski definition) is 3. The smallest absolute Gasteiger partial charge is 0.225 e. The maximum absolute atomic E-state index is 12.5. The number of likely N-dealkylation sites (N-methyl/N-ethyl adjacent to an activating group) is 2. The van der Waals surface area contributed by atoms with E-state index in [0.717, 1.165) is 51.6 Å². The summed E-state index contributed by atoms with van der Waals surface area (Å²) in [6, 6.07) is 0.410. The molecule has 1 aliphatic heterocycles. The highest BCUT2D eigenvalue weighted by atomic mass is 16.3. The molecule has 4 heteroatoms. The van der Waals surface area contributed by atoms with Crippen LogP contribution in [0.4, 0.5) is 0 Å². The third-order valence-electron chi connectivity index (χ3n) is 5.00. The first-order valence-electron chi connectivity index (χ1n) is 7.68. The van der Waals surface area contributed by atoms with Gasteiger partial charge in [0.2, 0.25) is 5.91 Å². The van der Waals surface area contributed by atoms with E-state index in [1.807, 2.05) is 11.9 Å². The van der Waals surface area contributed by atoms with E-state index in [2.05, 4.69) is 11.9 Å². The van der Waals surface area contributed by atoms with Crippen molar-refractivity contribution in [3.8, 4) is 0 Å². The van der Waals surface area contributed by atoms with E-state index in [-0.39, 0.29) is 12.5 Å². The quantitative estimate of drug-likeness (QED) is 0.837. The van der Waals surface area contributed by atoms with E-state index in [0.29, 0.717) is 17.9 Å². The van der Waals surface area contributed by atoms with Crippen molar-refractivity contribution in [1.29, 1.82) is 0 Å². The SMILES string of the molecule is CN1CCC(N(C)C(=O)C2CCC(CCO)CC2)C1. The molecule has 2 fully saturated rings. The zero-order chi connectivity index (χ0) is 13.8. The standard InChI is InChI=1S/C15H28N2O2/c1-16-9-7-14(11-16)17(2)15(19)13-5-3-12(4-6-13)8-10-18/h12-14,18H,3-11H2,1-2H3. The molecule has 1 atom stereocenters. The van der Waals surface area contributed by atoms with Gasteiger partial charge in [0.15, 0.2) is 0 Å². The predicted molar refractivity (Wildman–Crippen MR) is 75.8 cm³/mol. The normalized spacial score (nSPS) is 32.5. The molecule has 1 aliphatic carbocycles. The predicted octanol–water partition coefficient (Wildman–Crippen LogP) is 1.34. The molecule has 2 aliphatic rings. The van der Waals surface area contributed by atoms with Gasteiger partial charge in [-0.25, -0.2) is 0 Å². The first-order valence-corrected chi connectivity index (χ1v) is 7.68. The Morgan fingerprint density at radius 3 is 2.47 bits per heavy atom. The van der Waals surface area contributed by atoms with E-state index in [4.69, 9.17) is 5.11 Å². The number of nitrogens with zero attached hydrogens (tertiary/aromatic N) is 2. The largest absolute Gasteiger partial charge is 0.396 e. The van der Waals surface area contributed by atoms with Crippen molar-refractivity contribution in [3.05, 3.63) is 0 Å². The monoisotopic (exact) mass is 268 g/mol. The summed E-state index contributed by atoms with van der Waals surface area (Å²) in [4.78, 5) is 16.8. The summed E-state index contributed by atoms with van der Waals surface area (Å²) in [6.07, 6.45) is 6.25. The Morgan fingerprint density at radius 1 is 1.26 bits per heavy atom. The summed E-state index contributed by atoms with van der Waals surface area (Å²) in [5.74, 6) is 1.21. The summed E-state index contributed by atoms with van der Waals surface area (Å²) >= 11 is 0. The molecule has 1 saturated carbocycles. The Labute approximate surface area is 116 Å². The van der Waals surface area contributed by atoms with Crippen LogP contribution in [0.5, 0.6) is 0 Å². The van der Waals surface area contributed by atoms with Gasteiger partial charge in [0.25, 0.3) is 0 Å². The second-order valence-electron chi connectivity index (χ2n) is 6.38. The molecule has 0 radical (unpaired) electrons. The number of carbonyl (C=O) groups excluding carboxylic acids is 1. The fourth-order valence-corrected chi connectivity index (χ4v) is 3.58. The van der Waals surface area contributed by atoms with Gasteiger partial charge < -0.3 is 14.9 Å². The minimum absolute atomic E-state index is 0.228. The molecule has 110 valence electrons. The van der Waals surface area contributed by atoms with Crippen LogP contribution >= 0.6 is 0 Å². The molecule has 19 heavy (non-hydrogen) atoms. The highest BCUT2D eigenvalue weighted by Crippen LogP contribution is 2.32. The fourth-order valence-electron chi connectivity index (χ4n) is 3.58. The topological polar surface area (TPSA) is 43.8 Å². The summed E-state index contributed by atoms with van der Waals surface area (Å²) in [6.45, 7) is 2.41. The first kappa shape index (κ1) is 14.8. The van der Waals surface area contributed by atoms with E-state index < -0.39 is 0 Å². The van der Waals surface area contributed by atoms with Crippen molar-refractivity contribution >= 4 is 5.91 Å². The van der Waals surface area contributed by atoms with Crippen molar-refractivity contribution in [2.45, 2.75) is 44.6 Å². The molecular weight excluding hydrogens is 240 g/mol. The lowest BCUT2D eigenvalue weighted by Gasteiger charge is -2.33. The minimum Gasteiger partial charge on any atom is -0.396 e. The van der Waals surface area contributed by atoms with Gasteiger partial charge in [0.1, 0.15) is 0 Å². The molecular formula is C15H28N2O2. The average molecular weight is 268 g/mol. The third-order valence-corrected chi connectivity index (χ3v) is 5.00. The number of aliphatic hydroxyl groups is 1. The second-order valence-corrected chi connectivity index (χ2v) is 6.38. The molecule has 0 spiro atoms. The molecule has 0 aromatic carbocycles. The molecule has 0 aromatic heterocycles. The Balaban J connectivity index is 1.80. The molecule has 1 unspecified atom stereocenters. The zero-order valence-electron chi connectivity index (χ0n) is 12.3. The van der Waals surface area contributed by atoms with Gasteiger partial charge in [0.05, 0.1) is 0 Å². The van der Waals surface area contributed by atoms with Crippen molar-refractivity contribution in [2.75, 3.05) is 33.8 Å². The lowest BCUT2D eigenvalue weighted by atomic mass is 9.80. The summed E-state index contributed by atoms with van der Waals surface area (Å²) in [7, 11) is 4.10. The zero-order valence-corrected chi connectivity index (χ0v) is 12.3. The maximum atomic E-state index is 12.5. The van der Waals surface area contributed by atoms with Crippen LogP contribution in [0.3, 0.4) is 0 Å². The Morgan fingerprint density at radius 2 is 1.95 bits per heavy atom. The maximum Gasteiger partial charge on any atom is 0.225 e. The molecule has 2 rings (SSSR count). The van der Waals surface area contributed by atoms with Crippen molar-refractivity contribution < 1.29 is 9.90 Å². The van der Waals surface area contributed by atoms with Gasteiger partial charge >= 0.3 is 0 Å². The van der Waals surface area contributed by atoms with Crippen LogP contribution in [0.1, 0.15) is 38.5 Å². The summed E-state index contributed by atoms with van der Waals surface area (Å²) < 4.78 is 0. The van der Waals surface area contributed by atoms with Gasteiger partial charge in [0, 0.05) is 32.2 Å². The Hall–Kier alpha value is -0.610. The van der Waals surface area contributed by atoms with Crippen LogP contribution in [0, 0.1) is 11.8 Å². The van der Waals surface area contributed by atoms with Gasteiger partial charge in [-0.3, -0.25) is 4.79 Å². The number of carbonyl (C=O) groups is 1. The van der Waals surface area contributed by atoms with Crippen LogP contribution in [-0.2, 0) is 4.79 Å². The molecule has 0 aromatic rings. The van der Waals surface area contributed by atoms with Gasteiger partial charge in [-0.1, -0.05) is 0 Å². The molecule has 1 saturated heterocycles. The van der Waals surface area contributed by atoms with Crippen LogP contribution in [-0.4, -0.2) is 60.6 Å². The Bertz CT molecular complexity index is 301. The number of hydrogen-bond donors (Lipinski definition) is 1. The van der Waals surface area contributed by atoms with Crippen molar-refractivity contribution in [3.63, 3.8) is 0 Å². The van der Waals surface area contributed by atoms with Crippen LogP contribution < -0.4 is 0 Å². The van der Waals surface area contributed by atoms with Crippen LogP contribution in [0.25, 0.3) is 0 Å². The number of aliphatic hydroxyl groups excluding tert-OH is 1. The highest BCUT2D eigenvalue weighted by Gasteiger charge is 2.32. The highest BCUT2D eigenvalue weighted by molar-refractivity contribution is 5.79. The minimum atomic E-state index is 0.228.